The zero-order valence-electron chi connectivity index (χ0n) is 12.1. The van der Waals surface area contributed by atoms with Gasteiger partial charge in [0.1, 0.15) is 0 Å². The zero-order valence-corrected chi connectivity index (χ0v) is 12.1. The third kappa shape index (κ3) is 4.49. The van der Waals surface area contributed by atoms with Gasteiger partial charge in [0.15, 0.2) is 5.78 Å². The molecule has 3 amide bonds. The molecule has 0 aliphatic heterocycles. The van der Waals surface area contributed by atoms with E-state index in [-0.39, 0.29) is 24.2 Å². The zero-order chi connectivity index (χ0) is 16.0. The maximum atomic E-state index is 12.2. The number of nitrogens with zero attached hydrogens (tertiary/aromatic N) is 1. The molecule has 1 rings (SSSR count). The van der Waals surface area contributed by atoms with Crippen LogP contribution in [0, 0.1) is 0 Å². The Balaban J connectivity index is 2.85. The Hall–Kier alpha value is -2.56. The van der Waals surface area contributed by atoms with E-state index in [1.54, 1.807) is 25.1 Å². The van der Waals surface area contributed by atoms with E-state index in [0.717, 1.165) is 6.92 Å². The Morgan fingerprint density at radius 2 is 1.57 bits per heavy atom. The van der Waals surface area contributed by atoms with Crippen LogP contribution in [0.3, 0.4) is 0 Å². The summed E-state index contributed by atoms with van der Waals surface area (Å²) in [5, 5.41) is 0. The Kier molecular flexibility index (Phi) is 5.72. The summed E-state index contributed by atoms with van der Waals surface area (Å²) in [6, 6.07) is 8.04. The molecule has 0 N–H and O–H groups in total. The van der Waals surface area contributed by atoms with Crippen LogP contribution in [0.2, 0.25) is 0 Å². The topological polar surface area (TPSA) is 71.5 Å². The van der Waals surface area contributed by atoms with E-state index in [2.05, 4.69) is 6.58 Å². The van der Waals surface area contributed by atoms with Crippen molar-refractivity contribution in [3.63, 3.8) is 0 Å². The number of allylic oxidation sites excluding steroid dienone is 1. The summed E-state index contributed by atoms with van der Waals surface area (Å²) < 4.78 is 0. The number of carbonyl (C=O) groups excluding carboxylic acids is 4. The average Bonchev–Trinajstić information content (AvgIpc) is 2.45. The van der Waals surface area contributed by atoms with Crippen LogP contribution in [-0.4, -0.2) is 28.4 Å². The highest BCUT2D eigenvalue weighted by atomic mass is 16.2. The van der Waals surface area contributed by atoms with E-state index < -0.39 is 17.7 Å². The third-order valence-electron chi connectivity index (χ3n) is 2.83. The lowest BCUT2D eigenvalue weighted by molar-refractivity contribution is -0.140. The standard InChI is InChI=1S/C16H17NO4/c1-11(2)14(19)9-10-15(20)17(12(3)18)16(21)13-7-5-4-6-8-13/h4-8H,1,9-10H2,2-3H3. The average molecular weight is 287 g/mol. The van der Waals surface area contributed by atoms with Crippen molar-refractivity contribution in [1.29, 1.82) is 0 Å². The minimum atomic E-state index is -0.689. The first-order chi connectivity index (χ1) is 9.84. The van der Waals surface area contributed by atoms with Crippen molar-refractivity contribution in [2.45, 2.75) is 26.7 Å². The monoisotopic (exact) mass is 287 g/mol. The lowest BCUT2D eigenvalue weighted by Crippen LogP contribution is -2.40. The first-order valence-electron chi connectivity index (χ1n) is 6.46. The Morgan fingerprint density at radius 3 is 2.05 bits per heavy atom. The van der Waals surface area contributed by atoms with E-state index in [9.17, 15) is 19.2 Å². The van der Waals surface area contributed by atoms with Gasteiger partial charge in [-0.05, 0) is 24.6 Å². The Labute approximate surface area is 123 Å². The van der Waals surface area contributed by atoms with Crippen LogP contribution in [-0.2, 0) is 14.4 Å². The van der Waals surface area contributed by atoms with Crippen LogP contribution in [0.1, 0.15) is 37.0 Å². The largest absolute Gasteiger partial charge is 0.295 e. The minimum Gasteiger partial charge on any atom is -0.295 e. The first-order valence-corrected chi connectivity index (χ1v) is 6.46. The number of hydrogen-bond donors (Lipinski definition) is 0. The van der Waals surface area contributed by atoms with Crippen LogP contribution in [0.15, 0.2) is 42.5 Å². The number of hydrogen-bond acceptors (Lipinski definition) is 4. The molecule has 0 unspecified atom stereocenters. The van der Waals surface area contributed by atoms with Gasteiger partial charge in [-0.15, -0.1) is 0 Å². The van der Waals surface area contributed by atoms with Crippen LogP contribution in [0.4, 0.5) is 0 Å². The van der Waals surface area contributed by atoms with Crippen LogP contribution < -0.4 is 0 Å². The summed E-state index contributed by atoms with van der Waals surface area (Å²) in [5.74, 6) is -2.31. The van der Waals surface area contributed by atoms with Crippen molar-refractivity contribution >= 4 is 23.5 Å². The van der Waals surface area contributed by atoms with E-state index in [0.29, 0.717) is 10.5 Å². The molecular formula is C16H17NO4. The maximum Gasteiger partial charge on any atom is 0.267 e. The predicted octanol–water partition coefficient (Wildman–Crippen LogP) is 2.13. The number of Topliss-reactive ketones (excluding diaryl/α,β-unsaturated/α-hetero) is 1. The molecule has 1 aromatic rings. The van der Waals surface area contributed by atoms with Crippen LogP contribution in [0.5, 0.6) is 0 Å². The molecule has 0 atom stereocenters. The molecule has 0 aliphatic carbocycles. The molecule has 1 aromatic carbocycles. The fraction of sp³-hybridized carbons (Fsp3) is 0.250. The molecule has 0 bridgehead atoms. The van der Waals surface area contributed by atoms with Crippen molar-refractivity contribution in [3.05, 3.63) is 48.0 Å². The van der Waals surface area contributed by atoms with Crippen LogP contribution in [0.25, 0.3) is 0 Å². The van der Waals surface area contributed by atoms with E-state index >= 15 is 0 Å². The molecule has 110 valence electrons. The van der Waals surface area contributed by atoms with Gasteiger partial charge in [-0.25, -0.2) is 4.90 Å². The molecule has 21 heavy (non-hydrogen) atoms. The molecule has 0 radical (unpaired) electrons. The summed E-state index contributed by atoms with van der Waals surface area (Å²) in [6.07, 6.45) is -0.274. The van der Waals surface area contributed by atoms with Crippen molar-refractivity contribution < 1.29 is 19.2 Å². The first kappa shape index (κ1) is 16.5. The SMILES string of the molecule is C=C(C)C(=O)CCC(=O)N(C(C)=O)C(=O)c1ccccc1. The Bertz CT molecular complexity index is 590. The van der Waals surface area contributed by atoms with Crippen molar-refractivity contribution in [3.8, 4) is 0 Å². The summed E-state index contributed by atoms with van der Waals surface area (Å²) in [7, 11) is 0. The lowest BCUT2D eigenvalue weighted by atomic mass is 10.1. The van der Waals surface area contributed by atoms with Gasteiger partial charge < -0.3 is 0 Å². The van der Waals surface area contributed by atoms with Gasteiger partial charge in [-0.2, -0.15) is 0 Å². The second-order valence-corrected chi connectivity index (χ2v) is 4.62. The van der Waals surface area contributed by atoms with Gasteiger partial charge in [0, 0.05) is 25.3 Å². The number of carbonyl (C=O) groups is 4. The quantitative estimate of drug-likeness (QED) is 0.778. The van der Waals surface area contributed by atoms with E-state index in [1.807, 2.05) is 0 Å². The molecule has 0 aliphatic rings. The molecule has 5 nitrogen and oxygen atoms in total. The lowest BCUT2D eigenvalue weighted by Gasteiger charge is -2.17. The second-order valence-electron chi connectivity index (χ2n) is 4.62. The van der Waals surface area contributed by atoms with E-state index in [1.165, 1.54) is 12.1 Å². The molecule has 0 spiro atoms. The van der Waals surface area contributed by atoms with E-state index in [4.69, 9.17) is 0 Å². The summed E-state index contributed by atoms with van der Waals surface area (Å²) in [6.45, 7) is 6.17. The van der Waals surface area contributed by atoms with Gasteiger partial charge in [0.05, 0.1) is 0 Å². The molecule has 0 fully saturated rings. The highest BCUT2D eigenvalue weighted by Crippen LogP contribution is 2.09. The van der Waals surface area contributed by atoms with Gasteiger partial charge in [0.2, 0.25) is 11.8 Å². The predicted molar refractivity (Wildman–Crippen MR) is 77.4 cm³/mol. The van der Waals surface area contributed by atoms with Crippen molar-refractivity contribution in [1.82, 2.24) is 4.90 Å². The third-order valence-corrected chi connectivity index (χ3v) is 2.83. The van der Waals surface area contributed by atoms with Crippen molar-refractivity contribution in [2.75, 3.05) is 0 Å². The van der Waals surface area contributed by atoms with Gasteiger partial charge in [-0.3, -0.25) is 19.2 Å². The van der Waals surface area contributed by atoms with Gasteiger partial charge in [0.25, 0.3) is 5.91 Å². The number of benzene rings is 1. The van der Waals surface area contributed by atoms with Gasteiger partial charge in [-0.1, -0.05) is 24.8 Å². The molecule has 0 saturated heterocycles. The summed E-state index contributed by atoms with van der Waals surface area (Å²) >= 11 is 0. The smallest absolute Gasteiger partial charge is 0.267 e. The Morgan fingerprint density at radius 1 is 1.00 bits per heavy atom. The molecular weight excluding hydrogens is 270 g/mol. The normalized spacial score (nSPS) is 9.81. The highest BCUT2D eigenvalue weighted by molar-refractivity contribution is 6.16. The second kappa shape index (κ2) is 7.28. The molecule has 0 heterocycles. The minimum absolute atomic E-state index is 0.0694. The summed E-state index contributed by atoms with van der Waals surface area (Å²) in [4.78, 5) is 47.8. The highest BCUT2D eigenvalue weighted by Gasteiger charge is 2.26. The molecule has 5 heteroatoms. The van der Waals surface area contributed by atoms with Crippen LogP contribution >= 0.6 is 0 Å². The van der Waals surface area contributed by atoms with Crippen molar-refractivity contribution in [2.24, 2.45) is 0 Å². The number of imide groups is 3. The fourth-order valence-corrected chi connectivity index (χ4v) is 1.69. The summed E-state index contributed by atoms with van der Waals surface area (Å²) in [5.41, 5.74) is 0.582. The maximum absolute atomic E-state index is 12.2. The fourth-order valence-electron chi connectivity index (χ4n) is 1.69. The number of rotatable bonds is 5. The van der Waals surface area contributed by atoms with Gasteiger partial charge >= 0.3 is 0 Å². The molecule has 0 aromatic heterocycles. The number of ketones is 1. The number of amides is 3. The molecule has 0 saturated carbocycles.